The van der Waals surface area contributed by atoms with Crippen molar-refractivity contribution in [1.29, 1.82) is 0 Å². The van der Waals surface area contributed by atoms with Gasteiger partial charge in [-0.15, -0.1) is 0 Å². The van der Waals surface area contributed by atoms with Gasteiger partial charge in [0.15, 0.2) is 0 Å². The van der Waals surface area contributed by atoms with E-state index in [4.69, 9.17) is 5.73 Å². The van der Waals surface area contributed by atoms with Crippen molar-refractivity contribution in [2.24, 2.45) is 5.73 Å². The number of anilines is 1. The number of hydrogen-bond acceptors (Lipinski definition) is 3. The van der Waals surface area contributed by atoms with Gasteiger partial charge >= 0.3 is 0 Å². The molecule has 0 saturated carbocycles. The molecule has 0 aromatic heterocycles. The second-order valence-corrected chi connectivity index (χ2v) is 4.32. The van der Waals surface area contributed by atoms with Crippen LogP contribution in [0.2, 0.25) is 0 Å². The Bertz CT molecular complexity index is 565. The number of rotatable bonds is 5. The molecule has 4 nitrogen and oxygen atoms in total. The lowest BCUT2D eigenvalue weighted by atomic mass is 10.1. The molecule has 2 aromatic rings. The topological polar surface area (TPSA) is 75.4 Å². The maximum Gasteiger partial charge on any atom is 0.221 e. The van der Waals surface area contributed by atoms with Gasteiger partial charge in [0.2, 0.25) is 5.91 Å². The highest BCUT2D eigenvalue weighted by Crippen LogP contribution is 2.17. The molecule has 2 rings (SSSR count). The summed E-state index contributed by atoms with van der Waals surface area (Å²) in [5.41, 5.74) is 8.05. The fourth-order valence-corrected chi connectivity index (χ4v) is 1.85. The van der Waals surface area contributed by atoms with Crippen LogP contribution in [0, 0.1) is 0 Å². The van der Waals surface area contributed by atoms with E-state index in [2.05, 4.69) is 5.32 Å². The molecule has 0 aliphatic carbocycles. The van der Waals surface area contributed by atoms with Gasteiger partial charge in [-0.3, -0.25) is 4.79 Å². The monoisotopic (exact) mass is 256 g/mol. The molecule has 0 bridgehead atoms. The number of benzene rings is 2. The molecule has 0 unspecified atom stereocenters. The van der Waals surface area contributed by atoms with E-state index in [1.54, 1.807) is 12.1 Å². The number of phenols is 1. The van der Waals surface area contributed by atoms with Crippen molar-refractivity contribution < 1.29 is 9.90 Å². The molecule has 0 fully saturated rings. The summed E-state index contributed by atoms with van der Waals surface area (Å²) in [6.45, 7) is 0.621. The molecule has 0 aliphatic heterocycles. The van der Waals surface area contributed by atoms with Crippen molar-refractivity contribution in [3.63, 3.8) is 0 Å². The van der Waals surface area contributed by atoms with E-state index in [0.717, 1.165) is 16.8 Å². The van der Waals surface area contributed by atoms with Crippen molar-refractivity contribution in [2.75, 3.05) is 5.32 Å². The minimum absolute atomic E-state index is 0.221. The van der Waals surface area contributed by atoms with E-state index < -0.39 is 0 Å². The summed E-state index contributed by atoms with van der Waals surface area (Å²) in [5.74, 6) is -0.100. The Balaban J connectivity index is 2.06. The molecule has 0 spiro atoms. The number of nitrogens with one attached hydrogen (secondary N) is 1. The fourth-order valence-electron chi connectivity index (χ4n) is 1.85. The number of carbonyl (C=O) groups excluding carboxylic acids is 1. The third-order valence-electron chi connectivity index (χ3n) is 2.80. The number of nitrogens with two attached hydrogens (primary N) is 1. The quantitative estimate of drug-likeness (QED) is 0.766. The largest absolute Gasteiger partial charge is 0.508 e. The molecule has 0 saturated heterocycles. The van der Waals surface area contributed by atoms with Crippen LogP contribution in [0.3, 0.4) is 0 Å². The molecule has 1 amide bonds. The second kappa shape index (κ2) is 5.91. The molecule has 2 aromatic carbocycles. The molecule has 19 heavy (non-hydrogen) atoms. The van der Waals surface area contributed by atoms with Gasteiger partial charge in [0.25, 0.3) is 0 Å². The number of aromatic hydroxyl groups is 1. The average molecular weight is 256 g/mol. The van der Waals surface area contributed by atoms with E-state index in [1.165, 1.54) is 0 Å². The number of primary amides is 1. The molecule has 4 heteroatoms. The second-order valence-electron chi connectivity index (χ2n) is 4.32. The van der Waals surface area contributed by atoms with Crippen molar-refractivity contribution in [3.8, 4) is 5.75 Å². The van der Waals surface area contributed by atoms with Gasteiger partial charge in [-0.05, 0) is 29.3 Å². The van der Waals surface area contributed by atoms with Gasteiger partial charge in [0.1, 0.15) is 5.75 Å². The van der Waals surface area contributed by atoms with Crippen LogP contribution in [0.1, 0.15) is 11.1 Å². The molecular formula is C15H16N2O2. The normalized spacial score (nSPS) is 10.1. The van der Waals surface area contributed by atoms with E-state index in [9.17, 15) is 9.90 Å². The Kier molecular flexibility index (Phi) is 4.03. The third-order valence-corrected chi connectivity index (χ3v) is 2.80. The Morgan fingerprint density at radius 3 is 2.47 bits per heavy atom. The van der Waals surface area contributed by atoms with Crippen molar-refractivity contribution >= 4 is 11.6 Å². The summed E-state index contributed by atoms with van der Waals surface area (Å²) in [6, 6.07) is 14.6. The minimum atomic E-state index is -0.348. The van der Waals surface area contributed by atoms with Gasteiger partial charge in [-0.2, -0.15) is 0 Å². The van der Waals surface area contributed by atoms with Gasteiger partial charge in [-0.1, -0.05) is 30.3 Å². The highest BCUT2D eigenvalue weighted by atomic mass is 16.3. The maximum absolute atomic E-state index is 11.0. The number of hydrogen-bond donors (Lipinski definition) is 3. The van der Waals surface area contributed by atoms with Gasteiger partial charge in [-0.25, -0.2) is 0 Å². The van der Waals surface area contributed by atoms with E-state index >= 15 is 0 Å². The highest BCUT2D eigenvalue weighted by Gasteiger charge is 2.04. The van der Waals surface area contributed by atoms with Crippen LogP contribution < -0.4 is 11.1 Å². The standard InChI is InChI=1S/C15H16N2O2/c16-15(19)9-12-3-1-2-4-14(12)17-10-11-5-7-13(18)8-6-11/h1-8,17-18H,9-10H2,(H2,16,19). The van der Waals surface area contributed by atoms with Crippen molar-refractivity contribution in [3.05, 3.63) is 59.7 Å². The maximum atomic E-state index is 11.0. The van der Waals surface area contributed by atoms with Gasteiger partial charge in [0.05, 0.1) is 6.42 Å². The zero-order chi connectivity index (χ0) is 13.7. The summed E-state index contributed by atoms with van der Waals surface area (Å²) in [5, 5.41) is 12.5. The zero-order valence-corrected chi connectivity index (χ0v) is 10.5. The Labute approximate surface area is 111 Å². The number of phenolic OH excluding ortho intramolecular Hbond substituents is 1. The van der Waals surface area contributed by atoms with Crippen molar-refractivity contribution in [1.82, 2.24) is 0 Å². The van der Waals surface area contributed by atoms with Crippen LogP contribution >= 0.6 is 0 Å². The summed E-state index contributed by atoms with van der Waals surface area (Å²) in [4.78, 5) is 11.0. The van der Waals surface area contributed by atoms with Gasteiger partial charge < -0.3 is 16.2 Å². The first-order chi connectivity index (χ1) is 9.15. The third kappa shape index (κ3) is 3.74. The van der Waals surface area contributed by atoms with Gasteiger partial charge in [0, 0.05) is 12.2 Å². The average Bonchev–Trinajstić information content (AvgIpc) is 2.39. The molecule has 0 aliphatic rings. The van der Waals surface area contributed by atoms with Crippen LogP contribution in [-0.4, -0.2) is 11.0 Å². The van der Waals surface area contributed by atoms with E-state index in [0.29, 0.717) is 6.54 Å². The van der Waals surface area contributed by atoms with Crippen LogP contribution in [0.4, 0.5) is 5.69 Å². The fraction of sp³-hybridized carbons (Fsp3) is 0.133. The predicted molar refractivity (Wildman–Crippen MR) is 74.8 cm³/mol. The Hall–Kier alpha value is -2.49. The van der Waals surface area contributed by atoms with Crippen molar-refractivity contribution in [2.45, 2.75) is 13.0 Å². The minimum Gasteiger partial charge on any atom is -0.508 e. The lowest BCUT2D eigenvalue weighted by molar-refractivity contribution is -0.117. The number of amides is 1. The lowest BCUT2D eigenvalue weighted by Gasteiger charge is -2.11. The molecule has 4 N–H and O–H groups in total. The molecule has 0 atom stereocenters. The first-order valence-electron chi connectivity index (χ1n) is 6.03. The smallest absolute Gasteiger partial charge is 0.221 e. The zero-order valence-electron chi connectivity index (χ0n) is 10.5. The van der Waals surface area contributed by atoms with Crippen LogP contribution in [0.25, 0.3) is 0 Å². The van der Waals surface area contributed by atoms with Crippen LogP contribution in [0.5, 0.6) is 5.75 Å². The molecule has 0 radical (unpaired) electrons. The first-order valence-corrected chi connectivity index (χ1v) is 6.03. The number of carbonyl (C=O) groups is 1. The molecular weight excluding hydrogens is 240 g/mol. The summed E-state index contributed by atoms with van der Waals surface area (Å²) < 4.78 is 0. The lowest BCUT2D eigenvalue weighted by Crippen LogP contribution is -2.15. The Morgan fingerprint density at radius 1 is 1.11 bits per heavy atom. The SMILES string of the molecule is NC(=O)Cc1ccccc1NCc1ccc(O)cc1. The Morgan fingerprint density at radius 2 is 1.79 bits per heavy atom. The number of para-hydroxylation sites is 1. The first kappa shape index (κ1) is 13.0. The summed E-state index contributed by atoms with van der Waals surface area (Å²) in [7, 11) is 0. The highest BCUT2D eigenvalue weighted by molar-refractivity contribution is 5.78. The van der Waals surface area contributed by atoms with E-state index in [1.807, 2.05) is 36.4 Å². The van der Waals surface area contributed by atoms with E-state index in [-0.39, 0.29) is 18.1 Å². The summed E-state index contributed by atoms with van der Waals surface area (Å²) in [6.07, 6.45) is 0.221. The summed E-state index contributed by atoms with van der Waals surface area (Å²) >= 11 is 0. The predicted octanol–water partition coefficient (Wildman–Crippen LogP) is 2.03. The molecule has 98 valence electrons. The molecule has 0 heterocycles. The van der Waals surface area contributed by atoms with Crippen LogP contribution in [-0.2, 0) is 17.8 Å². The van der Waals surface area contributed by atoms with Crippen LogP contribution in [0.15, 0.2) is 48.5 Å².